The van der Waals surface area contributed by atoms with Gasteiger partial charge < -0.3 is 15.1 Å². The Labute approximate surface area is 205 Å². The molecule has 180 valence electrons. The molecule has 5 rings (SSSR count). The van der Waals surface area contributed by atoms with Crippen molar-refractivity contribution >= 4 is 28.5 Å². The molecule has 0 aliphatic carbocycles. The van der Waals surface area contributed by atoms with E-state index in [0.717, 1.165) is 55.1 Å². The molecule has 35 heavy (non-hydrogen) atoms. The summed E-state index contributed by atoms with van der Waals surface area (Å²) in [7, 11) is 0. The van der Waals surface area contributed by atoms with Gasteiger partial charge in [0.1, 0.15) is 0 Å². The summed E-state index contributed by atoms with van der Waals surface area (Å²) in [4.78, 5) is 42.7. The number of hydrogen-bond donors (Lipinski definition) is 1. The molecule has 6 nitrogen and oxygen atoms in total. The summed E-state index contributed by atoms with van der Waals surface area (Å²) in [5.41, 5.74) is 2.26. The fraction of sp³-hybridized carbons (Fsp3) is 0.345. The van der Waals surface area contributed by atoms with Gasteiger partial charge in [-0.2, -0.15) is 0 Å². The minimum Gasteiger partial charge on any atom is -0.352 e. The summed E-state index contributed by atoms with van der Waals surface area (Å²) in [5.74, 6) is -0.244. The largest absolute Gasteiger partial charge is 0.352 e. The molecule has 1 N–H and O–H groups in total. The van der Waals surface area contributed by atoms with Gasteiger partial charge in [0.25, 0.3) is 11.8 Å². The van der Waals surface area contributed by atoms with Crippen LogP contribution in [0.1, 0.15) is 52.0 Å². The van der Waals surface area contributed by atoms with Crippen molar-refractivity contribution < 1.29 is 14.4 Å². The molecule has 0 saturated carbocycles. The summed E-state index contributed by atoms with van der Waals surface area (Å²) >= 11 is 0. The van der Waals surface area contributed by atoms with Crippen LogP contribution in [0.25, 0.3) is 10.8 Å². The highest BCUT2D eigenvalue weighted by molar-refractivity contribution is 6.07. The highest BCUT2D eigenvalue weighted by Gasteiger charge is 2.29. The van der Waals surface area contributed by atoms with E-state index >= 15 is 0 Å². The average Bonchev–Trinajstić information content (AvgIpc) is 3.46. The molecule has 0 bridgehead atoms. The molecule has 2 saturated heterocycles. The van der Waals surface area contributed by atoms with Crippen molar-refractivity contribution in [2.75, 3.05) is 26.2 Å². The summed E-state index contributed by atoms with van der Waals surface area (Å²) in [6, 6.07) is 21.2. The first kappa shape index (κ1) is 23.1. The Balaban J connectivity index is 1.21. The summed E-state index contributed by atoms with van der Waals surface area (Å²) in [6.07, 6.45) is 3.68. The van der Waals surface area contributed by atoms with E-state index in [1.54, 1.807) is 0 Å². The lowest BCUT2D eigenvalue weighted by Crippen LogP contribution is -2.45. The van der Waals surface area contributed by atoms with Gasteiger partial charge in [-0.3, -0.25) is 14.4 Å². The second-order valence-electron chi connectivity index (χ2n) is 9.53. The number of piperidine rings is 1. The Kier molecular flexibility index (Phi) is 6.80. The summed E-state index contributed by atoms with van der Waals surface area (Å²) in [5, 5.41) is 5.01. The molecule has 2 aliphatic rings. The Bertz CT molecular complexity index is 1240. The van der Waals surface area contributed by atoms with E-state index in [0.29, 0.717) is 30.8 Å². The first-order chi connectivity index (χ1) is 17.1. The third kappa shape index (κ3) is 5.06. The quantitative estimate of drug-likeness (QED) is 0.608. The van der Waals surface area contributed by atoms with Crippen molar-refractivity contribution in [3.8, 4) is 0 Å². The molecule has 2 aliphatic heterocycles. The van der Waals surface area contributed by atoms with Crippen LogP contribution >= 0.6 is 0 Å². The van der Waals surface area contributed by atoms with Gasteiger partial charge in [0.15, 0.2) is 0 Å². The van der Waals surface area contributed by atoms with Crippen LogP contribution in [0.2, 0.25) is 0 Å². The standard InChI is InChI=1S/C29H31N3O3/c33-27(30-19-21-8-5-11-23(18-21)28(34)31-15-3-4-16-31)24-12-7-17-32(20-24)29(35)26-14-6-10-22-9-1-2-13-25(22)26/h1-2,5-6,8-11,13-14,18,24H,3-4,7,12,15-17,19-20H2,(H,30,33). The molecule has 3 amide bonds. The van der Waals surface area contributed by atoms with E-state index in [1.165, 1.54) is 0 Å². The molecular weight excluding hydrogens is 438 g/mol. The molecule has 3 aromatic carbocycles. The van der Waals surface area contributed by atoms with E-state index < -0.39 is 0 Å². The highest BCUT2D eigenvalue weighted by atomic mass is 16.2. The van der Waals surface area contributed by atoms with Gasteiger partial charge in [0.2, 0.25) is 5.91 Å². The zero-order valence-electron chi connectivity index (χ0n) is 19.9. The average molecular weight is 470 g/mol. The molecule has 0 spiro atoms. The second-order valence-corrected chi connectivity index (χ2v) is 9.53. The number of carbonyl (C=O) groups excluding carboxylic acids is 3. The third-order valence-corrected chi connectivity index (χ3v) is 7.13. The van der Waals surface area contributed by atoms with E-state index in [9.17, 15) is 14.4 Å². The zero-order valence-corrected chi connectivity index (χ0v) is 19.9. The van der Waals surface area contributed by atoms with E-state index in [-0.39, 0.29) is 23.6 Å². The number of amides is 3. The number of fused-ring (bicyclic) bond motifs is 1. The van der Waals surface area contributed by atoms with Crippen LogP contribution in [0.15, 0.2) is 66.7 Å². The number of rotatable bonds is 5. The minimum absolute atomic E-state index is 0.0209. The van der Waals surface area contributed by atoms with Crippen molar-refractivity contribution in [3.05, 3.63) is 83.4 Å². The minimum atomic E-state index is -0.239. The van der Waals surface area contributed by atoms with Crippen molar-refractivity contribution in [1.82, 2.24) is 15.1 Å². The highest BCUT2D eigenvalue weighted by Crippen LogP contribution is 2.24. The Hall–Kier alpha value is -3.67. The molecule has 1 unspecified atom stereocenters. The van der Waals surface area contributed by atoms with Gasteiger partial charge >= 0.3 is 0 Å². The van der Waals surface area contributed by atoms with Crippen LogP contribution in [0.5, 0.6) is 0 Å². The maximum Gasteiger partial charge on any atom is 0.254 e. The Morgan fingerprint density at radius 3 is 2.40 bits per heavy atom. The predicted octanol–water partition coefficient (Wildman–Crippen LogP) is 4.24. The molecule has 1 atom stereocenters. The van der Waals surface area contributed by atoms with Gasteiger partial charge in [-0.05, 0) is 60.2 Å². The smallest absolute Gasteiger partial charge is 0.254 e. The normalized spacial score (nSPS) is 18.0. The Morgan fingerprint density at radius 2 is 1.54 bits per heavy atom. The maximum absolute atomic E-state index is 13.3. The van der Waals surface area contributed by atoms with Gasteiger partial charge in [0.05, 0.1) is 5.92 Å². The van der Waals surface area contributed by atoms with Gasteiger partial charge in [-0.25, -0.2) is 0 Å². The second kappa shape index (κ2) is 10.3. The van der Waals surface area contributed by atoms with Gasteiger partial charge in [-0.1, -0.05) is 48.5 Å². The van der Waals surface area contributed by atoms with Crippen LogP contribution < -0.4 is 5.32 Å². The van der Waals surface area contributed by atoms with Crippen molar-refractivity contribution in [1.29, 1.82) is 0 Å². The summed E-state index contributed by atoms with van der Waals surface area (Å²) < 4.78 is 0. The number of carbonyl (C=O) groups is 3. The molecular formula is C29H31N3O3. The van der Waals surface area contributed by atoms with Crippen LogP contribution in [-0.2, 0) is 11.3 Å². The number of nitrogens with one attached hydrogen (secondary N) is 1. The fourth-order valence-electron chi connectivity index (χ4n) is 5.21. The number of hydrogen-bond acceptors (Lipinski definition) is 3. The zero-order chi connectivity index (χ0) is 24.2. The first-order valence-electron chi connectivity index (χ1n) is 12.5. The van der Waals surface area contributed by atoms with Crippen LogP contribution in [0, 0.1) is 5.92 Å². The Morgan fingerprint density at radius 1 is 0.800 bits per heavy atom. The molecule has 3 aromatic rings. The third-order valence-electron chi connectivity index (χ3n) is 7.13. The summed E-state index contributed by atoms with van der Waals surface area (Å²) in [6.45, 7) is 3.08. The van der Waals surface area contributed by atoms with Gasteiger partial charge in [0, 0.05) is 43.9 Å². The number of benzene rings is 3. The predicted molar refractivity (Wildman–Crippen MR) is 136 cm³/mol. The molecule has 2 heterocycles. The lowest BCUT2D eigenvalue weighted by molar-refractivity contribution is -0.126. The fourth-order valence-corrected chi connectivity index (χ4v) is 5.21. The van der Waals surface area contributed by atoms with Crippen molar-refractivity contribution in [2.45, 2.75) is 32.2 Å². The van der Waals surface area contributed by atoms with Crippen molar-refractivity contribution in [2.24, 2.45) is 5.92 Å². The van der Waals surface area contributed by atoms with E-state index in [2.05, 4.69) is 5.32 Å². The monoisotopic (exact) mass is 469 g/mol. The molecule has 2 fully saturated rings. The van der Waals surface area contributed by atoms with E-state index in [4.69, 9.17) is 0 Å². The van der Waals surface area contributed by atoms with Crippen LogP contribution in [-0.4, -0.2) is 53.7 Å². The maximum atomic E-state index is 13.3. The number of nitrogens with zero attached hydrogens (tertiary/aromatic N) is 2. The van der Waals surface area contributed by atoms with Crippen LogP contribution in [0.4, 0.5) is 0 Å². The van der Waals surface area contributed by atoms with E-state index in [1.807, 2.05) is 76.5 Å². The van der Waals surface area contributed by atoms with Crippen molar-refractivity contribution in [3.63, 3.8) is 0 Å². The number of likely N-dealkylation sites (tertiary alicyclic amines) is 2. The lowest BCUT2D eigenvalue weighted by Gasteiger charge is -2.32. The lowest BCUT2D eigenvalue weighted by atomic mass is 9.95. The topological polar surface area (TPSA) is 69.7 Å². The van der Waals surface area contributed by atoms with Gasteiger partial charge in [-0.15, -0.1) is 0 Å². The molecule has 6 heteroatoms. The first-order valence-corrected chi connectivity index (χ1v) is 12.5. The molecule has 0 aromatic heterocycles. The SMILES string of the molecule is O=C(NCc1cccc(C(=O)N2CCCC2)c1)C1CCCN(C(=O)c2cccc3ccccc23)C1. The molecule has 0 radical (unpaired) electrons. The van der Waals surface area contributed by atoms with Crippen LogP contribution in [0.3, 0.4) is 0 Å².